The molecule has 0 bridgehead atoms. The van der Waals surface area contributed by atoms with Crippen molar-refractivity contribution in [2.75, 3.05) is 5.32 Å². The number of nitrogens with zero attached hydrogens (tertiary/aromatic N) is 2. The molecule has 0 radical (unpaired) electrons. The molecule has 0 spiro atoms. The van der Waals surface area contributed by atoms with E-state index in [1.807, 2.05) is 0 Å². The van der Waals surface area contributed by atoms with Crippen LogP contribution in [0.2, 0.25) is 5.02 Å². The number of aromatic amines is 1. The molecular formula is C17H15ClF2N4O2. The highest BCUT2D eigenvalue weighted by Crippen LogP contribution is 2.25. The zero-order chi connectivity index (χ0) is 18.7. The zero-order valence-electron chi connectivity index (χ0n) is 13.5. The minimum Gasteiger partial charge on any atom is -0.481 e. The van der Waals surface area contributed by atoms with Crippen LogP contribution in [0.3, 0.4) is 0 Å². The van der Waals surface area contributed by atoms with Gasteiger partial charge in [-0.3, -0.25) is 4.79 Å². The maximum absolute atomic E-state index is 13.7. The number of aliphatic carboxylic acids is 1. The van der Waals surface area contributed by atoms with Gasteiger partial charge in [-0.15, -0.1) is 0 Å². The molecule has 0 amide bonds. The van der Waals surface area contributed by atoms with E-state index in [-0.39, 0.29) is 29.4 Å². The molecule has 1 aromatic carbocycles. The van der Waals surface area contributed by atoms with Gasteiger partial charge in [-0.2, -0.15) is 0 Å². The van der Waals surface area contributed by atoms with Crippen molar-refractivity contribution in [2.45, 2.75) is 25.8 Å². The monoisotopic (exact) mass is 380 g/mol. The first-order chi connectivity index (χ1) is 12.4. The topological polar surface area (TPSA) is 90.9 Å². The molecule has 2 aromatic heterocycles. The number of carbonyl (C=O) groups is 1. The van der Waals surface area contributed by atoms with E-state index >= 15 is 0 Å². The smallest absolute Gasteiger partial charge is 0.303 e. The number of carboxylic acid groups (broad SMARTS) is 1. The van der Waals surface area contributed by atoms with E-state index in [1.165, 1.54) is 18.2 Å². The highest BCUT2D eigenvalue weighted by Gasteiger charge is 2.12. The number of hydrogen-bond acceptors (Lipinski definition) is 4. The van der Waals surface area contributed by atoms with Crippen molar-refractivity contribution < 1.29 is 18.7 Å². The summed E-state index contributed by atoms with van der Waals surface area (Å²) in [6.07, 6.45) is 0.955. The second-order valence-corrected chi connectivity index (χ2v) is 6.08. The van der Waals surface area contributed by atoms with Crippen LogP contribution in [0, 0.1) is 11.6 Å². The summed E-state index contributed by atoms with van der Waals surface area (Å²) in [4.78, 5) is 22.2. The molecule has 0 aliphatic rings. The van der Waals surface area contributed by atoms with E-state index in [4.69, 9.17) is 16.7 Å². The Morgan fingerprint density at radius 2 is 2.00 bits per heavy atom. The van der Waals surface area contributed by atoms with Crippen molar-refractivity contribution in [1.82, 2.24) is 15.0 Å². The highest BCUT2D eigenvalue weighted by molar-refractivity contribution is 6.33. The molecule has 2 heterocycles. The SMILES string of the molecule is O=C(O)CCCc1nc2nc(NCc3c(F)cccc3F)c(Cl)cc2[nH]1. The Morgan fingerprint density at radius 1 is 1.27 bits per heavy atom. The Morgan fingerprint density at radius 3 is 2.69 bits per heavy atom. The third kappa shape index (κ3) is 4.08. The van der Waals surface area contributed by atoms with Crippen molar-refractivity contribution in [3.05, 3.63) is 52.3 Å². The van der Waals surface area contributed by atoms with Crippen molar-refractivity contribution in [3.63, 3.8) is 0 Å². The third-order valence-corrected chi connectivity index (χ3v) is 4.06. The van der Waals surface area contributed by atoms with Gasteiger partial charge in [-0.25, -0.2) is 18.7 Å². The molecule has 3 aromatic rings. The number of anilines is 1. The summed E-state index contributed by atoms with van der Waals surface area (Å²) < 4.78 is 27.4. The number of nitrogens with one attached hydrogen (secondary N) is 2. The van der Waals surface area contributed by atoms with Crippen LogP contribution in [0.5, 0.6) is 0 Å². The fraction of sp³-hybridized carbons (Fsp3) is 0.235. The average Bonchev–Trinajstić information content (AvgIpc) is 2.95. The number of halogens is 3. The van der Waals surface area contributed by atoms with Gasteiger partial charge in [0.05, 0.1) is 10.5 Å². The number of benzene rings is 1. The van der Waals surface area contributed by atoms with Crippen LogP contribution >= 0.6 is 11.6 Å². The van der Waals surface area contributed by atoms with Gasteiger partial charge in [0, 0.05) is 24.9 Å². The zero-order valence-corrected chi connectivity index (χ0v) is 14.3. The molecule has 0 aliphatic heterocycles. The van der Waals surface area contributed by atoms with Crippen LogP contribution in [0.15, 0.2) is 24.3 Å². The second-order valence-electron chi connectivity index (χ2n) is 5.67. The van der Waals surface area contributed by atoms with Crippen LogP contribution in [0.4, 0.5) is 14.6 Å². The summed E-state index contributed by atoms with van der Waals surface area (Å²) in [6.45, 7) is -0.118. The fourth-order valence-electron chi connectivity index (χ4n) is 2.49. The van der Waals surface area contributed by atoms with Gasteiger partial charge in [-0.1, -0.05) is 17.7 Å². The van der Waals surface area contributed by atoms with Crippen LogP contribution in [-0.4, -0.2) is 26.0 Å². The number of fused-ring (bicyclic) bond motifs is 1. The summed E-state index contributed by atoms with van der Waals surface area (Å²) >= 11 is 6.17. The van der Waals surface area contributed by atoms with E-state index in [2.05, 4.69) is 20.3 Å². The number of hydrogen-bond donors (Lipinski definition) is 3. The van der Waals surface area contributed by atoms with Gasteiger partial charge in [0.25, 0.3) is 0 Å². The molecule has 26 heavy (non-hydrogen) atoms. The van der Waals surface area contributed by atoms with Gasteiger partial charge in [-0.05, 0) is 24.6 Å². The highest BCUT2D eigenvalue weighted by atomic mass is 35.5. The lowest BCUT2D eigenvalue weighted by molar-refractivity contribution is -0.137. The first-order valence-corrected chi connectivity index (χ1v) is 8.25. The first-order valence-electron chi connectivity index (χ1n) is 7.87. The molecule has 0 saturated carbocycles. The van der Waals surface area contributed by atoms with E-state index in [0.29, 0.717) is 29.8 Å². The molecule has 136 valence electrons. The number of pyridine rings is 1. The summed E-state index contributed by atoms with van der Waals surface area (Å²) in [5.41, 5.74) is 0.876. The van der Waals surface area contributed by atoms with Crippen LogP contribution < -0.4 is 5.32 Å². The lowest BCUT2D eigenvalue weighted by Crippen LogP contribution is -2.06. The standard InChI is InChI=1S/C17H15ClF2N4O2/c18-10-7-13-17(23-14(22-13)5-2-6-15(25)26)24-16(10)21-8-9-11(19)3-1-4-12(9)20/h1,3-4,7H,2,5-6,8H2,(H,25,26)(H2,21,22,23,24). The third-order valence-electron chi connectivity index (χ3n) is 3.77. The second kappa shape index (κ2) is 7.65. The van der Waals surface area contributed by atoms with E-state index in [0.717, 1.165) is 0 Å². The largest absolute Gasteiger partial charge is 0.481 e. The minimum atomic E-state index is -0.867. The Labute approximate surface area is 152 Å². The quantitative estimate of drug-likeness (QED) is 0.578. The molecule has 0 fully saturated rings. The predicted octanol–water partition coefficient (Wildman–Crippen LogP) is 3.91. The molecule has 6 nitrogen and oxygen atoms in total. The van der Waals surface area contributed by atoms with E-state index < -0.39 is 17.6 Å². The molecule has 3 N–H and O–H groups in total. The Bertz CT molecular complexity index is 941. The molecule has 9 heteroatoms. The number of aryl methyl sites for hydroxylation is 1. The Balaban J connectivity index is 1.76. The number of imidazole rings is 1. The maximum atomic E-state index is 13.7. The first kappa shape index (κ1) is 18.1. The van der Waals surface area contributed by atoms with Crippen LogP contribution in [0.1, 0.15) is 24.2 Å². The average molecular weight is 381 g/mol. The minimum absolute atomic E-state index is 0.0479. The van der Waals surface area contributed by atoms with Gasteiger partial charge >= 0.3 is 5.97 Å². The van der Waals surface area contributed by atoms with Gasteiger partial charge in [0.1, 0.15) is 23.3 Å². The number of H-pyrrole nitrogens is 1. The number of aromatic nitrogens is 3. The van der Waals surface area contributed by atoms with Crippen molar-refractivity contribution in [1.29, 1.82) is 0 Å². The Hall–Kier alpha value is -2.74. The van der Waals surface area contributed by atoms with Gasteiger partial charge in [0.2, 0.25) is 0 Å². The van der Waals surface area contributed by atoms with Crippen LogP contribution in [0.25, 0.3) is 11.2 Å². The fourth-order valence-corrected chi connectivity index (χ4v) is 2.71. The number of rotatable bonds is 7. The van der Waals surface area contributed by atoms with E-state index in [1.54, 1.807) is 6.07 Å². The van der Waals surface area contributed by atoms with Crippen LogP contribution in [-0.2, 0) is 17.8 Å². The molecule has 0 unspecified atom stereocenters. The summed E-state index contributed by atoms with van der Waals surface area (Å²) in [7, 11) is 0. The Kier molecular flexibility index (Phi) is 5.32. The predicted molar refractivity (Wildman–Crippen MR) is 93.2 cm³/mol. The molecule has 0 saturated heterocycles. The maximum Gasteiger partial charge on any atom is 0.303 e. The summed E-state index contributed by atoms with van der Waals surface area (Å²) in [6, 6.07) is 5.25. The lowest BCUT2D eigenvalue weighted by Gasteiger charge is -2.09. The van der Waals surface area contributed by atoms with Gasteiger partial charge in [0.15, 0.2) is 5.65 Å². The molecule has 3 rings (SSSR count). The van der Waals surface area contributed by atoms with Crippen molar-refractivity contribution in [3.8, 4) is 0 Å². The summed E-state index contributed by atoms with van der Waals surface area (Å²) in [5.74, 6) is -1.33. The van der Waals surface area contributed by atoms with Crippen molar-refractivity contribution in [2.24, 2.45) is 0 Å². The molecular weight excluding hydrogens is 366 g/mol. The number of carboxylic acids is 1. The van der Waals surface area contributed by atoms with E-state index in [9.17, 15) is 13.6 Å². The lowest BCUT2D eigenvalue weighted by atomic mass is 10.2. The molecule has 0 aliphatic carbocycles. The van der Waals surface area contributed by atoms with Gasteiger partial charge < -0.3 is 15.4 Å². The molecule has 0 atom stereocenters. The van der Waals surface area contributed by atoms with Crippen molar-refractivity contribution >= 4 is 34.6 Å². The normalized spacial score (nSPS) is 11.0. The summed E-state index contributed by atoms with van der Waals surface area (Å²) in [5, 5.41) is 11.8.